The number of allylic oxidation sites excluding steroid dienone is 11. The molecule has 0 fully saturated rings. The van der Waals surface area contributed by atoms with E-state index in [-0.39, 0.29) is 6.42 Å². The van der Waals surface area contributed by atoms with Crippen molar-refractivity contribution in [3.8, 4) is 0 Å². The highest BCUT2D eigenvalue weighted by Gasteiger charge is 2.31. The fourth-order valence-electron chi connectivity index (χ4n) is 3.01. The summed E-state index contributed by atoms with van der Waals surface area (Å²) < 4.78 is 13.8. The largest absolute Gasteiger partial charge is 0.466 e. The van der Waals surface area contributed by atoms with Crippen LogP contribution < -0.4 is 0 Å². The van der Waals surface area contributed by atoms with Gasteiger partial charge in [-0.15, -0.1) is 0 Å². The van der Waals surface area contributed by atoms with Gasteiger partial charge < -0.3 is 34.6 Å². The minimum atomic E-state index is -1.90. The maximum atomic E-state index is 11.8. The molecule has 0 bridgehead atoms. The van der Waals surface area contributed by atoms with Gasteiger partial charge >= 0.3 is 17.9 Å². The SMILES string of the molecule is CC/C=C\C/C=C\C/C=C\C/C=C\C/C=C\C/C=C\CC(=O)OC[C@@H](O)[C@@H](O)[C@H](O)[C@H](O)COC(=O)/C=C/C(=O)OC. The third-order valence-corrected chi connectivity index (χ3v) is 5.39. The fourth-order valence-corrected chi connectivity index (χ4v) is 3.01. The molecule has 0 aromatic rings. The van der Waals surface area contributed by atoms with Crippen molar-refractivity contribution in [1.29, 1.82) is 0 Å². The smallest absolute Gasteiger partial charge is 0.331 e. The van der Waals surface area contributed by atoms with E-state index in [0.29, 0.717) is 6.42 Å². The highest BCUT2D eigenvalue weighted by molar-refractivity contribution is 5.91. The van der Waals surface area contributed by atoms with E-state index in [4.69, 9.17) is 4.74 Å². The Labute approximate surface area is 248 Å². The van der Waals surface area contributed by atoms with Crippen LogP contribution in [0.25, 0.3) is 0 Å². The summed E-state index contributed by atoms with van der Waals surface area (Å²) in [4.78, 5) is 34.2. The Bertz CT molecular complexity index is 958. The Morgan fingerprint density at radius 2 is 0.952 bits per heavy atom. The number of esters is 3. The van der Waals surface area contributed by atoms with Gasteiger partial charge in [0.05, 0.1) is 13.5 Å². The molecule has 0 aliphatic rings. The van der Waals surface area contributed by atoms with E-state index in [9.17, 15) is 34.8 Å². The number of ether oxygens (including phenoxy) is 3. The molecule has 10 nitrogen and oxygen atoms in total. The van der Waals surface area contributed by atoms with Crippen LogP contribution in [0.2, 0.25) is 0 Å². The molecular formula is C32H46O10. The molecule has 0 saturated heterocycles. The van der Waals surface area contributed by atoms with Gasteiger partial charge in [0.15, 0.2) is 0 Å². The summed E-state index contributed by atoms with van der Waals surface area (Å²) in [6.07, 6.45) is 24.1. The van der Waals surface area contributed by atoms with Crippen LogP contribution in [0.3, 0.4) is 0 Å². The molecule has 0 aliphatic carbocycles. The van der Waals surface area contributed by atoms with E-state index >= 15 is 0 Å². The van der Waals surface area contributed by atoms with Gasteiger partial charge in [0.2, 0.25) is 0 Å². The summed E-state index contributed by atoms with van der Waals surface area (Å²) >= 11 is 0. The molecule has 0 spiro atoms. The van der Waals surface area contributed by atoms with Crippen molar-refractivity contribution in [1.82, 2.24) is 0 Å². The van der Waals surface area contributed by atoms with Crippen LogP contribution in [0.5, 0.6) is 0 Å². The lowest BCUT2D eigenvalue weighted by Crippen LogP contribution is -2.48. The van der Waals surface area contributed by atoms with Crippen molar-refractivity contribution >= 4 is 17.9 Å². The molecule has 10 heteroatoms. The normalized spacial score (nSPS) is 15.5. The Kier molecular flexibility index (Phi) is 24.1. The number of carbonyl (C=O) groups excluding carboxylic acids is 3. The highest BCUT2D eigenvalue weighted by atomic mass is 16.6. The molecule has 42 heavy (non-hydrogen) atoms. The number of hydrogen-bond acceptors (Lipinski definition) is 10. The second kappa shape index (κ2) is 26.3. The second-order valence-corrected chi connectivity index (χ2v) is 8.90. The van der Waals surface area contributed by atoms with Crippen molar-refractivity contribution < 1.29 is 49.0 Å². The maximum absolute atomic E-state index is 11.8. The molecule has 0 radical (unpaired) electrons. The maximum Gasteiger partial charge on any atom is 0.331 e. The predicted octanol–water partition coefficient (Wildman–Crippen LogP) is 3.33. The summed E-state index contributed by atoms with van der Waals surface area (Å²) in [7, 11) is 1.12. The van der Waals surface area contributed by atoms with Gasteiger partial charge in [0, 0.05) is 12.2 Å². The lowest BCUT2D eigenvalue weighted by molar-refractivity contribution is -0.160. The Morgan fingerprint density at radius 3 is 1.38 bits per heavy atom. The van der Waals surface area contributed by atoms with Crippen LogP contribution in [0.1, 0.15) is 51.9 Å². The van der Waals surface area contributed by atoms with Crippen molar-refractivity contribution in [3.05, 3.63) is 85.1 Å². The van der Waals surface area contributed by atoms with Crippen LogP contribution >= 0.6 is 0 Å². The Balaban J connectivity index is 4.07. The van der Waals surface area contributed by atoms with Crippen LogP contribution in [0.15, 0.2) is 85.1 Å². The van der Waals surface area contributed by atoms with Gasteiger partial charge in [-0.25, -0.2) is 9.59 Å². The average molecular weight is 591 g/mol. The molecule has 4 N–H and O–H groups in total. The zero-order valence-electron chi connectivity index (χ0n) is 24.5. The van der Waals surface area contributed by atoms with Gasteiger partial charge in [-0.2, -0.15) is 0 Å². The number of rotatable bonds is 22. The van der Waals surface area contributed by atoms with Gasteiger partial charge in [0.25, 0.3) is 0 Å². The molecule has 4 atom stereocenters. The van der Waals surface area contributed by atoms with E-state index in [2.05, 4.69) is 65.0 Å². The fraction of sp³-hybridized carbons (Fsp3) is 0.469. The quantitative estimate of drug-likeness (QED) is 0.0637. The minimum absolute atomic E-state index is 0.0479. The molecular weight excluding hydrogens is 544 g/mol. The third-order valence-electron chi connectivity index (χ3n) is 5.39. The van der Waals surface area contributed by atoms with E-state index < -0.39 is 55.5 Å². The summed E-state index contributed by atoms with van der Waals surface area (Å²) in [6, 6.07) is 0. The van der Waals surface area contributed by atoms with Gasteiger partial charge in [-0.05, 0) is 38.5 Å². The summed E-state index contributed by atoms with van der Waals surface area (Å²) in [6.45, 7) is 0.779. The first-order chi connectivity index (χ1) is 20.2. The first kappa shape index (κ1) is 38.4. The average Bonchev–Trinajstić information content (AvgIpc) is 2.99. The molecule has 0 rings (SSSR count). The van der Waals surface area contributed by atoms with Crippen molar-refractivity contribution in [2.45, 2.75) is 76.3 Å². The first-order valence-corrected chi connectivity index (χ1v) is 13.9. The summed E-state index contributed by atoms with van der Waals surface area (Å²) in [5, 5.41) is 39.7. The first-order valence-electron chi connectivity index (χ1n) is 13.9. The molecule has 0 saturated carbocycles. The zero-order valence-corrected chi connectivity index (χ0v) is 24.5. The highest BCUT2D eigenvalue weighted by Crippen LogP contribution is 2.07. The van der Waals surface area contributed by atoms with E-state index in [1.165, 1.54) is 0 Å². The second-order valence-electron chi connectivity index (χ2n) is 8.90. The van der Waals surface area contributed by atoms with Crippen molar-refractivity contribution in [2.75, 3.05) is 20.3 Å². The van der Waals surface area contributed by atoms with E-state index in [0.717, 1.165) is 51.4 Å². The molecule has 0 aliphatic heterocycles. The number of carbonyl (C=O) groups is 3. The zero-order chi connectivity index (χ0) is 31.4. The molecule has 0 aromatic carbocycles. The third kappa shape index (κ3) is 22.2. The monoisotopic (exact) mass is 590 g/mol. The minimum Gasteiger partial charge on any atom is -0.466 e. The van der Waals surface area contributed by atoms with Crippen molar-refractivity contribution in [2.24, 2.45) is 0 Å². The standard InChI is InChI=1S/C32H46O10/c1-3-4-5-6-7-8-9-10-11-12-13-14-15-16-17-18-19-20-21-29(36)41-24-26(33)31(38)32(39)27(34)25-42-30(37)23-22-28(35)40-2/h4-5,7-8,10-11,13-14,16-17,19-20,22-23,26-27,31-34,38-39H,3,6,9,12,15,18,21,24-25H2,1-2H3/b5-4-,8-7-,11-10-,14-13-,17-16-,20-19-,23-22+/t26-,27-,31-,32-/m1/s1. The topological polar surface area (TPSA) is 160 Å². The number of methoxy groups -OCH3 is 1. The van der Waals surface area contributed by atoms with Crippen molar-refractivity contribution in [3.63, 3.8) is 0 Å². The van der Waals surface area contributed by atoms with Crippen LogP contribution in [0.4, 0.5) is 0 Å². The van der Waals surface area contributed by atoms with E-state index in [1.807, 2.05) is 12.2 Å². The van der Waals surface area contributed by atoms with Gasteiger partial charge in [-0.3, -0.25) is 4.79 Å². The van der Waals surface area contributed by atoms with Gasteiger partial charge in [0.1, 0.15) is 37.6 Å². The lowest BCUT2D eigenvalue weighted by atomic mass is 10.0. The van der Waals surface area contributed by atoms with Crippen LogP contribution in [-0.2, 0) is 28.6 Å². The van der Waals surface area contributed by atoms with E-state index in [1.54, 1.807) is 12.2 Å². The van der Waals surface area contributed by atoms with Gasteiger partial charge in [-0.1, -0.05) is 79.8 Å². The summed E-state index contributed by atoms with van der Waals surface area (Å²) in [5.74, 6) is -2.44. The summed E-state index contributed by atoms with van der Waals surface area (Å²) in [5.41, 5.74) is 0. The predicted molar refractivity (Wildman–Crippen MR) is 160 cm³/mol. The molecule has 234 valence electrons. The number of aliphatic hydroxyl groups excluding tert-OH is 4. The van der Waals surface area contributed by atoms with Crippen LogP contribution in [-0.4, -0.2) is 83.1 Å². The molecule has 0 aromatic heterocycles. The Morgan fingerprint density at radius 1 is 0.571 bits per heavy atom. The molecule has 0 unspecified atom stereocenters. The lowest BCUT2D eigenvalue weighted by Gasteiger charge is -2.26. The molecule has 0 heterocycles. The van der Waals surface area contributed by atoms with Crippen LogP contribution in [0, 0.1) is 0 Å². The molecule has 0 amide bonds. The Hall–Kier alpha value is -3.57. The number of aliphatic hydroxyl groups is 4. The number of hydrogen-bond donors (Lipinski definition) is 4.